The number of rotatable bonds is 5. The fourth-order valence-electron chi connectivity index (χ4n) is 1.19. The number of ether oxygens (including phenoxy) is 2. The Bertz CT molecular complexity index is 403. The predicted octanol–water partition coefficient (Wildman–Crippen LogP) is 0.680. The summed E-state index contributed by atoms with van der Waals surface area (Å²) in [5.74, 6) is -2.19. The Morgan fingerprint density at radius 1 is 1.05 bits per heavy atom. The minimum Gasteiger partial charge on any atom is -0.425 e. The highest BCUT2D eigenvalue weighted by atomic mass is 17.3. The van der Waals surface area contributed by atoms with Crippen LogP contribution in [0, 0.1) is 5.92 Å². The van der Waals surface area contributed by atoms with E-state index in [4.69, 9.17) is 4.74 Å². The second-order valence-corrected chi connectivity index (χ2v) is 4.27. The van der Waals surface area contributed by atoms with Crippen molar-refractivity contribution in [2.24, 2.45) is 5.92 Å². The molecule has 0 bridgehead atoms. The van der Waals surface area contributed by atoms with Crippen molar-refractivity contribution < 1.29 is 38.5 Å². The Kier molecular flexibility index (Phi) is 5.44. The van der Waals surface area contributed by atoms with Crippen molar-refractivity contribution in [1.82, 2.24) is 5.06 Å². The highest BCUT2D eigenvalue weighted by Crippen LogP contribution is 2.12. The molecule has 0 radical (unpaired) electrons. The van der Waals surface area contributed by atoms with E-state index in [0.717, 1.165) is 0 Å². The van der Waals surface area contributed by atoms with E-state index in [-0.39, 0.29) is 18.8 Å². The third-order valence-electron chi connectivity index (χ3n) is 2.20. The molecule has 0 aromatic rings. The van der Waals surface area contributed by atoms with Gasteiger partial charge >= 0.3 is 12.1 Å². The van der Waals surface area contributed by atoms with Crippen molar-refractivity contribution in [3.63, 3.8) is 0 Å². The lowest BCUT2D eigenvalue weighted by Crippen LogP contribution is -2.31. The summed E-state index contributed by atoms with van der Waals surface area (Å²) in [5.41, 5.74) is 0. The minimum absolute atomic E-state index is 0.0142. The first-order valence-electron chi connectivity index (χ1n) is 5.92. The number of carbonyl (C=O) groups is 4. The van der Waals surface area contributed by atoms with E-state index in [9.17, 15) is 19.2 Å². The van der Waals surface area contributed by atoms with Gasteiger partial charge in [0.2, 0.25) is 6.29 Å². The van der Waals surface area contributed by atoms with Crippen LogP contribution in [0.1, 0.15) is 33.6 Å². The maximum atomic E-state index is 11.2. The molecule has 1 fully saturated rings. The van der Waals surface area contributed by atoms with Crippen LogP contribution in [0.15, 0.2) is 0 Å². The molecule has 0 N–H and O–H groups in total. The quantitative estimate of drug-likeness (QED) is 0.239. The second kappa shape index (κ2) is 6.85. The maximum absolute atomic E-state index is 11.2. The van der Waals surface area contributed by atoms with E-state index in [0.29, 0.717) is 5.06 Å². The van der Waals surface area contributed by atoms with Gasteiger partial charge in [-0.1, -0.05) is 13.8 Å². The van der Waals surface area contributed by atoms with E-state index >= 15 is 0 Å². The van der Waals surface area contributed by atoms with Gasteiger partial charge in [0, 0.05) is 19.8 Å². The molecule has 1 aliphatic rings. The van der Waals surface area contributed by atoms with Gasteiger partial charge < -0.3 is 9.47 Å². The summed E-state index contributed by atoms with van der Waals surface area (Å²) in [6.07, 6.45) is -2.56. The monoisotopic (exact) mass is 289 g/mol. The fourth-order valence-corrected chi connectivity index (χ4v) is 1.19. The van der Waals surface area contributed by atoms with Gasteiger partial charge in [-0.25, -0.2) is 9.68 Å². The van der Waals surface area contributed by atoms with Gasteiger partial charge in [0.1, 0.15) is 0 Å². The molecule has 1 unspecified atom stereocenters. The summed E-state index contributed by atoms with van der Waals surface area (Å²) >= 11 is 0. The maximum Gasteiger partial charge on any atom is 0.545 e. The zero-order valence-electron chi connectivity index (χ0n) is 11.3. The van der Waals surface area contributed by atoms with Gasteiger partial charge in [0.15, 0.2) is 0 Å². The van der Waals surface area contributed by atoms with Crippen LogP contribution in [0.4, 0.5) is 4.79 Å². The molecule has 9 nitrogen and oxygen atoms in total. The van der Waals surface area contributed by atoms with Crippen molar-refractivity contribution >= 4 is 23.9 Å². The number of amides is 2. The van der Waals surface area contributed by atoms with Crippen LogP contribution < -0.4 is 0 Å². The van der Waals surface area contributed by atoms with Crippen LogP contribution in [0.3, 0.4) is 0 Å². The fraction of sp³-hybridized carbons (Fsp3) is 0.636. The smallest absolute Gasteiger partial charge is 0.425 e. The Balaban J connectivity index is 2.31. The van der Waals surface area contributed by atoms with Crippen LogP contribution in [0.25, 0.3) is 0 Å². The van der Waals surface area contributed by atoms with Crippen molar-refractivity contribution in [3.05, 3.63) is 0 Å². The molecule has 0 aromatic heterocycles. The average Bonchev–Trinajstić information content (AvgIpc) is 2.66. The summed E-state index contributed by atoms with van der Waals surface area (Å²) in [6.45, 7) is 4.52. The molecule has 1 saturated heterocycles. The van der Waals surface area contributed by atoms with Crippen LogP contribution in [-0.4, -0.2) is 35.3 Å². The number of hydrogen-bond acceptors (Lipinski definition) is 8. The van der Waals surface area contributed by atoms with Gasteiger partial charge in [0.25, 0.3) is 11.8 Å². The highest BCUT2D eigenvalue weighted by molar-refractivity contribution is 6.00. The number of carbonyl (C=O) groups excluding carboxylic acids is 4. The standard InChI is InChI=1S/C11H15NO8/c1-6(2)10(15)17-7(3)18-11(16)19-20-12-8(13)4-5-9(12)14/h6-7H,4-5H2,1-3H3. The summed E-state index contributed by atoms with van der Waals surface area (Å²) in [4.78, 5) is 53.0. The molecule has 2 amide bonds. The topological polar surface area (TPSA) is 108 Å². The summed E-state index contributed by atoms with van der Waals surface area (Å²) in [6, 6.07) is 0. The predicted molar refractivity (Wildman–Crippen MR) is 60.1 cm³/mol. The third kappa shape index (κ3) is 4.50. The average molecular weight is 289 g/mol. The zero-order valence-corrected chi connectivity index (χ0v) is 11.3. The Morgan fingerprint density at radius 3 is 2.10 bits per heavy atom. The van der Waals surface area contributed by atoms with Crippen molar-refractivity contribution in [1.29, 1.82) is 0 Å². The molecule has 1 heterocycles. The van der Waals surface area contributed by atoms with Crippen LogP contribution in [0.5, 0.6) is 0 Å². The largest absolute Gasteiger partial charge is 0.545 e. The van der Waals surface area contributed by atoms with E-state index in [1.165, 1.54) is 6.92 Å². The van der Waals surface area contributed by atoms with Gasteiger partial charge in [-0.3, -0.25) is 14.4 Å². The van der Waals surface area contributed by atoms with E-state index in [1.807, 2.05) is 0 Å². The van der Waals surface area contributed by atoms with Gasteiger partial charge in [-0.05, 0) is 4.99 Å². The molecule has 1 aliphatic heterocycles. The molecule has 0 aliphatic carbocycles. The SMILES string of the molecule is CC(OC(=O)OON1C(=O)CCC1=O)OC(=O)C(C)C. The lowest BCUT2D eigenvalue weighted by Gasteiger charge is -2.15. The van der Waals surface area contributed by atoms with Gasteiger partial charge in [0.05, 0.1) is 5.92 Å². The van der Waals surface area contributed by atoms with Crippen LogP contribution in [-0.2, 0) is 33.7 Å². The first-order valence-corrected chi connectivity index (χ1v) is 5.92. The summed E-state index contributed by atoms with van der Waals surface area (Å²) < 4.78 is 9.25. The lowest BCUT2D eigenvalue weighted by atomic mass is 10.2. The number of imide groups is 1. The first-order chi connectivity index (χ1) is 9.31. The third-order valence-corrected chi connectivity index (χ3v) is 2.20. The summed E-state index contributed by atoms with van der Waals surface area (Å²) in [7, 11) is 0. The normalized spacial score (nSPS) is 16.3. The highest BCUT2D eigenvalue weighted by Gasteiger charge is 2.32. The number of hydroxylamine groups is 2. The van der Waals surface area contributed by atoms with E-state index < -0.39 is 30.2 Å². The molecule has 9 heteroatoms. The zero-order chi connectivity index (χ0) is 15.3. The Morgan fingerprint density at radius 2 is 1.60 bits per heavy atom. The number of nitrogens with zero attached hydrogens (tertiary/aromatic N) is 1. The van der Waals surface area contributed by atoms with E-state index in [2.05, 4.69) is 14.6 Å². The van der Waals surface area contributed by atoms with Crippen LogP contribution >= 0.6 is 0 Å². The van der Waals surface area contributed by atoms with Crippen molar-refractivity contribution in [2.45, 2.75) is 39.9 Å². The lowest BCUT2D eigenvalue weighted by molar-refractivity contribution is -0.364. The molecule has 1 atom stereocenters. The molecule has 112 valence electrons. The van der Waals surface area contributed by atoms with Crippen molar-refractivity contribution in [3.8, 4) is 0 Å². The Labute approximate surface area is 114 Å². The molecular weight excluding hydrogens is 274 g/mol. The molecule has 20 heavy (non-hydrogen) atoms. The van der Waals surface area contributed by atoms with Gasteiger partial charge in [-0.2, -0.15) is 0 Å². The van der Waals surface area contributed by atoms with E-state index in [1.54, 1.807) is 13.8 Å². The molecular formula is C11H15NO8. The number of hydrogen-bond donors (Lipinski definition) is 0. The molecule has 0 aromatic carbocycles. The molecule has 1 rings (SSSR count). The van der Waals surface area contributed by atoms with Crippen LogP contribution in [0.2, 0.25) is 0 Å². The first kappa shape index (κ1) is 15.9. The summed E-state index contributed by atoms with van der Waals surface area (Å²) in [5, 5.41) is 0.325. The van der Waals surface area contributed by atoms with Gasteiger partial charge in [-0.15, -0.1) is 5.06 Å². The molecule has 0 spiro atoms. The van der Waals surface area contributed by atoms with Crippen molar-refractivity contribution in [2.75, 3.05) is 0 Å². The Hall–Kier alpha value is -2.16. The number of esters is 1. The second-order valence-electron chi connectivity index (χ2n) is 4.27. The molecule has 0 saturated carbocycles. The minimum atomic E-state index is -1.35.